The Bertz CT molecular complexity index is 507. The number of aliphatic imine (C=N–C) groups is 2. The summed E-state index contributed by atoms with van der Waals surface area (Å²) in [5.41, 5.74) is 3.88. The van der Waals surface area contributed by atoms with Gasteiger partial charge < -0.3 is 9.80 Å². The van der Waals surface area contributed by atoms with Crippen LogP contribution in [0, 0.1) is 0 Å². The summed E-state index contributed by atoms with van der Waals surface area (Å²) in [5, 5.41) is 0. The van der Waals surface area contributed by atoms with Gasteiger partial charge >= 0.3 is 0 Å². The van der Waals surface area contributed by atoms with E-state index in [1.165, 1.54) is 0 Å². The van der Waals surface area contributed by atoms with Crippen molar-refractivity contribution < 1.29 is 19.5 Å². The van der Waals surface area contributed by atoms with E-state index >= 15 is 0 Å². The summed E-state index contributed by atoms with van der Waals surface area (Å²) in [7, 11) is 8.34. The van der Waals surface area contributed by atoms with Gasteiger partial charge in [0.25, 0.3) is 0 Å². The Morgan fingerprint density at radius 2 is 1.24 bits per heavy atom. The van der Waals surface area contributed by atoms with Gasteiger partial charge in [0.2, 0.25) is 0 Å². The summed E-state index contributed by atoms with van der Waals surface area (Å²) in [6, 6.07) is 6.08. The molecule has 0 aromatic carbocycles. The van der Waals surface area contributed by atoms with Crippen LogP contribution in [0.2, 0.25) is 0 Å². The Labute approximate surface area is 166 Å². The van der Waals surface area contributed by atoms with E-state index in [2.05, 4.69) is 48.0 Å². The molecule has 0 aliphatic rings. The smallest absolute Gasteiger partial charge is 0.0845 e. The van der Waals surface area contributed by atoms with Crippen molar-refractivity contribution in [2.24, 2.45) is 9.98 Å². The molecule has 0 spiro atoms. The van der Waals surface area contributed by atoms with Crippen molar-refractivity contribution >= 4 is 11.4 Å². The molecule has 0 saturated heterocycles. The second-order valence-corrected chi connectivity index (χ2v) is 6.66. The molecule has 0 fully saturated rings. The van der Waals surface area contributed by atoms with E-state index in [4.69, 9.17) is 4.98 Å². The SMILES string of the molecule is CC(=NCCCN(C)C)c1cccc(C(C)=NCCCN(C)C)n1.[Rh]. The van der Waals surface area contributed by atoms with Gasteiger partial charge in [-0.1, -0.05) is 6.07 Å². The maximum atomic E-state index is 4.72. The number of aromatic nitrogens is 1. The minimum atomic E-state index is 0. The summed E-state index contributed by atoms with van der Waals surface area (Å²) in [6.07, 6.45) is 2.13. The quantitative estimate of drug-likeness (QED) is 0.323. The summed E-state index contributed by atoms with van der Waals surface area (Å²) in [6.45, 7) is 7.86. The van der Waals surface area contributed by atoms with E-state index in [1.807, 2.05) is 32.0 Å². The average molecular weight is 434 g/mol. The molecule has 6 heteroatoms. The van der Waals surface area contributed by atoms with Crippen LogP contribution in [0.5, 0.6) is 0 Å². The largest absolute Gasteiger partial charge is 0.309 e. The molecule has 0 unspecified atom stereocenters. The van der Waals surface area contributed by atoms with E-state index < -0.39 is 0 Å². The minimum Gasteiger partial charge on any atom is -0.309 e. The number of hydrogen-bond donors (Lipinski definition) is 0. The first-order valence-electron chi connectivity index (χ1n) is 8.69. The molecule has 0 saturated carbocycles. The van der Waals surface area contributed by atoms with Crippen LogP contribution in [0.1, 0.15) is 38.1 Å². The third kappa shape index (κ3) is 10.6. The zero-order valence-corrected chi connectivity index (χ0v) is 18.2. The van der Waals surface area contributed by atoms with Gasteiger partial charge in [-0.15, -0.1) is 0 Å². The van der Waals surface area contributed by atoms with Crippen LogP contribution < -0.4 is 0 Å². The predicted octanol–water partition coefficient (Wildman–Crippen LogP) is 2.60. The van der Waals surface area contributed by atoms with Crippen LogP contribution >= 0.6 is 0 Å². The van der Waals surface area contributed by atoms with Crippen molar-refractivity contribution in [3.8, 4) is 0 Å². The molecule has 0 atom stereocenters. The van der Waals surface area contributed by atoms with E-state index in [9.17, 15) is 0 Å². The first-order chi connectivity index (χ1) is 11.4. The topological polar surface area (TPSA) is 44.1 Å². The Kier molecular flexibility index (Phi) is 12.8. The molecule has 25 heavy (non-hydrogen) atoms. The molecule has 1 aromatic heterocycles. The molecule has 5 nitrogen and oxygen atoms in total. The molecule has 1 heterocycles. The van der Waals surface area contributed by atoms with Crippen molar-refractivity contribution in [3.05, 3.63) is 29.6 Å². The maximum Gasteiger partial charge on any atom is 0.0845 e. The van der Waals surface area contributed by atoms with Gasteiger partial charge in [0, 0.05) is 32.6 Å². The Hall–Kier alpha value is -0.967. The second kappa shape index (κ2) is 13.3. The number of nitrogens with zero attached hydrogens (tertiary/aromatic N) is 5. The van der Waals surface area contributed by atoms with Crippen molar-refractivity contribution in [1.82, 2.24) is 14.8 Å². The average Bonchev–Trinajstić information content (AvgIpc) is 2.55. The first kappa shape index (κ1) is 24.0. The first-order valence-corrected chi connectivity index (χ1v) is 8.69. The summed E-state index contributed by atoms with van der Waals surface area (Å²) in [5.74, 6) is 0. The van der Waals surface area contributed by atoms with E-state index in [0.29, 0.717) is 0 Å². The van der Waals surface area contributed by atoms with Gasteiger partial charge in [0.1, 0.15) is 0 Å². The van der Waals surface area contributed by atoms with Gasteiger partial charge in [-0.25, -0.2) is 4.98 Å². The summed E-state index contributed by atoms with van der Waals surface area (Å²) in [4.78, 5) is 18.4. The van der Waals surface area contributed by atoms with Crippen molar-refractivity contribution in [2.45, 2.75) is 26.7 Å². The van der Waals surface area contributed by atoms with Crippen LogP contribution in [0.15, 0.2) is 28.2 Å². The molecular formula is C19H33N5Rh. The third-order valence-corrected chi connectivity index (χ3v) is 3.72. The van der Waals surface area contributed by atoms with Gasteiger partial charge in [0.05, 0.1) is 22.8 Å². The molecule has 143 valence electrons. The van der Waals surface area contributed by atoms with Gasteiger partial charge in [-0.05, 0) is 80.1 Å². The molecule has 0 bridgehead atoms. The van der Waals surface area contributed by atoms with E-state index in [-0.39, 0.29) is 19.5 Å². The van der Waals surface area contributed by atoms with Crippen LogP contribution in [-0.4, -0.2) is 80.6 Å². The van der Waals surface area contributed by atoms with Crippen molar-refractivity contribution in [3.63, 3.8) is 0 Å². The van der Waals surface area contributed by atoms with Crippen LogP contribution in [-0.2, 0) is 19.5 Å². The fourth-order valence-corrected chi connectivity index (χ4v) is 2.27. The normalized spacial score (nSPS) is 12.6. The van der Waals surface area contributed by atoms with Crippen LogP contribution in [0.25, 0.3) is 0 Å². The number of hydrogen-bond acceptors (Lipinski definition) is 5. The van der Waals surface area contributed by atoms with Gasteiger partial charge in [-0.2, -0.15) is 0 Å². The zero-order valence-electron chi connectivity index (χ0n) is 16.5. The molecule has 0 amide bonds. The molecule has 1 rings (SSSR count). The Morgan fingerprint density at radius 1 is 0.840 bits per heavy atom. The minimum absolute atomic E-state index is 0. The second-order valence-electron chi connectivity index (χ2n) is 6.66. The molecule has 0 aliphatic heterocycles. The van der Waals surface area contributed by atoms with Crippen molar-refractivity contribution in [2.75, 3.05) is 54.4 Å². The summed E-state index contributed by atoms with van der Waals surface area (Å²) < 4.78 is 0. The fourth-order valence-electron chi connectivity index (χ4n) is 2.27. The standard InChI is InChI=1S/C19H33N5.Rh/c1-16(20-12-8-14-23(3)4)18-10-7-11-19(22-18)17(2)21-13-9-15-24(5)6;/h7,10-11H,8-9,12-15H2,1-6H3;. The molecule has 1 radical (unpaired) electrons. The number of pyridine rings is 1. The third-order valence-electron chi connectivity index (χ3n) is 3.72. The van der Waals surface area contributed by atoms with Gasteiger partial charge in [0.15, 0.2) is 0 Å². The van der Waals surface area contributed by atoms with E-state index in [1.54, 1.807) is 0 Å². The monoisotopic (exact) mass is 434 g/mol. The molecule has 0 aliphatic carbocycles. The van der Waals surface area contributed by atoms with Gasteiger partial charge in [-0.3, -0.25) is 9.98 Å². The molecule has 1 aromatic rings. The molecular weight excluding hydrogens is 401 g/mol. The van der Waals surface area contributed by atoms with Crippen LogP contribution in [0.4, 0.5) is 0 Å². The van der Waals surface area contributed by atoms with Crippen LogP contribution in [0.3, 0.4) is 0 Å². The zero-order chi connectivity index (χ0) is 17.9. The Morgan fingerprint density at radius 3 is 1.60 bits per heavy atom. The fraction of sp³-hybridized carbons (Fsp3) is 0.632. The Balaban J connectivity index is 0.00000576. The maximum absolute atomic E-state index is 4.72. The predicted molar refractivity (Wildman–Crippen MR) is 105 cm³/mol. The van der Waals surface area contributed by atoms with Crippen molar-refractivity contribution in [1.29, 1.82) is 0 Å². The molecule has 0 N–H and O–H groups in total. The number of rotatable bonds is 10. The van der Waals surface area contributed by atoms with E-state index in [0.717, 1.165) is 61.8 Å². The summed E-state index contributed by atoms with van der Waals surface area (Å²) >= 11 is 0.